The zero-order valence-corrected chi connectivity index (χ0v) is 33.1. The minimum absolute atomic E-state index is 0.173. The highest BCUT2D eigenvalue weighted by atomic mass is 35.5. The van der Waals surface area contributed by atoms with Gasteiger partial charge in [-0.1, -0.05) is 32.9 Å². The first-order chi connectivity index (χ1) is 25.9. The highest BCUT2D eigenvalue weighted by molar-refractivity contribution is 6.17. The first-order valence-corrected chi connectivity index (χ1v) is 19.6. The summed E-state index contributed by atoms with van der Waals surface area (Å²) in [4.78, 5) is 41.6. The van der Waals surface area contributed by atoms with Gasteiger partial charge in [-0.2, -0.15) is 0 Å². The van der Waals surface area contributed by atoms with Gasteiger partial charge in [-0.05, 0) is 69.3 Å². The summed E-state index contributed by atoms with van der Waals surface area (Å²) >= 11 is 5.68. The fourth-order valence-electron chi connectivity index (χ4n) is 7.22. The van der Waals surface area contributed by atoms with Crippen LogP contribution in [0, 0.1) is 0 Å². The van der Waals surface area contributed by atoms with Gasteiger partial charge >= 0.3 is 0 Å². The molecule has 0 unspecified atom stereocenters. The lowest BCUT2D eigenvalue weighted by Crippen LogP contribution is -2.47. The second kappa shape index (κ2) is 19.0. The first-order valence-electron chi connectivity index (χ1n) is 19.1. The lowest BCUT2D eigenvalue weighted by Gasteiger charge is -2.36. The maximum atomic E-state index is 13.4. The molecule has 0 saturated carbocycles. The number of hydrogen-bond donors (Lipinski definition) is 0. The van der Waals surface area contributed by atoms with Crippen LogP contribution in [0.3, 0.4) is 0 Å². The summed E-state index contributed by atoms with van der Waals surface area (Å²) in [5.74, 6) is 3.78. The van der Waals surface area contributed by atoms with Crippen molar-refractivity contribution in [3.8, 4) is 11.5 Å². The predicted molar refractivity (Wildman–Crippen MR) is 211 cm³/mol. The fraction of sp³-hybridized carbons (Fsp3) is 0.561. The Bertz CT molecular complexity index is 1730. The molecular weight excluding hydrogens is 714 g/mol. The van der Waals surface area contributed by atoms with Crippen molar-refractivity contribution in [3.05, 3.63) is 65.1 Å². The Morgan fingerprint density at radius 1 is 0.741 bits per heavy atom. The van der Waals surface area contributed by atoms with Crippen molar-refractivity contribution in [3.63, 3.8) is 0 Å². The topological polar surface area (TPSA) is 91.3 Å². The number of fused-ring (bicyclic) bond motifs is 2. The van der Waals surface area contributed by atoms with Crippen molar-refractivity contribution in [2.45, 2.75) is 84.0 Å². The molecule has 0 spiro atoms. The summed E-state index contributed by atoms with van der Waals surface area (Å²) in [6.45, 7) is 11.4. The summed E-state index contributed by atoms with van der Waals surface area (Å²) < 4.78 is 37.7. The number of carbonyl (C=O) groups excluding carboxylic acids is 2. The van der Waals surface area contributed by atoms with Gasteiger partial charge in [-0.15, -0.1) is 11.6 Å². The van der Waals surface area contributed by atoms with Crippen molar-refractivity contribution in [1.82, 2.24) is 14.9 Å². The number of benzene rings is 2. The van der Waals surface area contributed by atoms with Gasteiger partial charge in [0.15, 0.2) is 0 Å². The van der Waals surface area contributed by atoms with E-state index >= 15 is 0 Å². The summed E-state index contributed by atoms with van der Waals surface area (Å²) in [6.07, 6.45) is 3.73. The normalized spacial score (nSPS) is 16.2. The molecule has 4 heterocycles. The molecule has 1 aromatic heterocycles. The Labute approximate surface area is 323 Å². The Hall–Kier alpha value is -4.03. The predicted octanol–water partition coefficient (Wildman–Crippen LogP) is 7.60. The Balaban J connectivity index is 0.000000260. The van der Waals surface area contributed by atoms with Crippen LogP contribution in [0.1, 0.15) is 88.4 Å². The van der Waals surface area contributed by atoms with Crippen molar-refractivity contribution >= 4 is 40.6 Å². The lowest BCUT2D eigenvalue weighted by molar-refractivity contribution is -0.119. The molecule has 294 valence electrons. The monoisotopic (exact) mass is 768 g/mol. The Kier molecular flexibility index (Phi) is 14.5. The number of nitrogens with zero attached hydrogens (tertiary/aromatic N) is 6. The maximum Gasteiger partial charge on any atom is 0.280 e. The van der Waals surface area contributed by atoms with Crippen molar-refractivity contribution in [2.75, 3.05) is 80.6 Å². The molecule has 0 atom stereocenters. The van der Waals surface area contributed by atoms with Gasteiger partial charge in [-0.3, -0.25) is 14.5 Å². The van der Waals surface area contributed by atoms with Crippen LogP contribution in [0.15, 0.2) is 42.5 Å². The molecule has 3 aliphatic rings. The number of amides is 2. The van der Waals surface area contributed by atoms with E-state index in [1.807, 2.05) is 67.0 Å². The molecule has 0 aliphatic carbocycles. The molecule has 54 heavy (non-hydrogen) atoms. The van der Waals surface area contributed by atoms with E-state index in [1.54, 1.807) is 14.2 Å². The summed E-state index contributed by atoms with van der Waals surface area (Å²) in [6, 6.07) is 13.2. The van der Waals surface area contributed by atoms with E-state index in [2.05, 4.69) is 19.8 Å². The maximum absolute atomic E-state index is 13.4. The number of ether oxygens (including phenoxy) is 2. The molecule has 6 rings (SSSR count). The van der Waals surface area contributed by atoms with E-state index in [9.17, 15) is 18.4 Å². The SMILES string of the molecule is COc1cccc2c1CCC(=O)N2CCCCCl.COc1cccc2c1CCC(=O)N2CCCCN1CCN(c2cc(C(F)F)nc(C(C)(C)C)n2)CC1. The van der Waals surface area contributed by atoms with Crippen LogP contribution >= 0.6 is 11.6 Å². The molecule has 1 saturated heterocycles. The largest absolute Gasteiger partial charge is 0.496 e. The van der Waals surface area contributed by atoms with Crippen molar-refractivity contribution < 1.29 is 27.8 Å². The minimum Gasteiger partial charge on any atom is -0.496 e. The van der Waals surface area contributed by atoms with E-state index < -0.39 is 11.8 Å². The number of halogens is 3. The first kappa shape index (κ1) is 41.1. The molecule has 10 nitrogen and oxygen atoms in total. The van der Waals surface area contributed by atoms with Crippen molar-refractivity contribution in [1.29, 1.82) is 0 Å². The number of methoxy groups -OCH3 is 2. The molecule has 0 radical (unpaired) electrons. The molecule has 13 heteroatoms. The Morgan fingerprint density at radius 2 is 1.26 bits per heavy atom. The van der Waals surface area contributed by atoms with E-state index in [1.165, 1.54) is 6.07 Å². The van der Waals surface area contributed by atoms with E-state index in [0.717, 1.165) is 112 Å². The van der Waals surface area contributed by atoms with E-state index in [4.69, 9.17) is 21.1 Å². The average Bonchev–Trinajstić information content (AvgIpc) is 3.17. The number of aromatic nitrogens is 2. The third-order valence-electron chi connectivity index (χ3n) is 10.2. The van der Waals surface area contributed by atoms with Crippen LogP contribution in [0.5, 0.6) is 11.5 Å². The summed E-state index contributed by atoms with van der Waals surface area (Å²) in [5, 5.41) is 0. The van der Waals surface area contributed by atoms with Crippen LogP contribution in [0.2, 0.25) is 0 Å². The molecular formula is C41H55ClF2N6O4. The van der Waals surface area contributed by atoms with Gasteiger partial charge in [0.05, 0.1) is 25.6 Å². The zero-order chi connectivity index (χ0) is 38.8. The van der Waals surface area contributed by atoms with Crippen LogP contribution < -0.4 is 24.2 Å². The van der Waals surface area contributed by atoms with Crippen LogP contribution in [0.25, 0.3) is 0 Å². The summed E-state index contributed by atoms with van der Waals surface area (Å²) in [7, 11) is 3.34. The number of piperazine rings is 1. The highest BCUT2D eigenvalue weighted by Gasteiger charge is 2.28. The summed E-state index contributed by atoms with van der Waals surface area (Å²) in [5.41, 5.74) is 3.62. The van der Waals surface area contributed by atoms with Crippen LogP contribution in [-0.4, -0.2) is 92.6 Å². The molecule has 0 N–H and O–H groups in total. The number of rotatable bonds is 13. The standard InChI is InChI=1S/C27H37F2N5O2.C14H18ClNO2/c1-27(2,3)26-30-20(25(28)29)18-23(31-26)33-16-14-32(15-17-33)12-5-6-13-34-21-8-7-9-22(36-4)19(21)10-11-24(34)35;1-18-13-6-4-5-12-11(13)7-8-14(17)16(12)10-3-2-9-15/h7-9,18,25H,5-6,10-17H2,1-4H3;4-6H,2-3,7-10H2,1H3. The molecule has 2 aromatic carbocycles. The van der Waals surface area contributed by atoms with Gasteiger partial charge in [0, 0.05) is 80.6 Å². The van der Waals surface area contributed by atoms with Gasteiger partial charge in [0.25, 0.3) is 6.43 Å². The number of unbranched alkanes of at least 4 members (excludes halogenated alkanes) is 2. The lowest BCUT2D eigenvalue weighted by atomic mass is 9.95. The second-order valence-electron chi connectivity index (χ2n) is 15.0. The smallest absolute Gasteiger partial charge is 0.280 e. The number of carbonyl (C=O) groups is 2. The number of hydrogen-bond acceptors (Lipinski definition) is 8. The third-order valence-corrected chi connectivity index (χ3v) is 10.5. The molecule has 3 aromatic rings. The molecule has 0 bridgehead atoms. The van der Waals surface area contributed by atoms with Gasteiger partial charge in [0.1, 0.15) is 28.8 Å². The second-order valence-corrected chi connectivity index (χ2v) is 15.3. The zero-order valence-electron chi connectivity index (χ0n) is 32.4. The van der Waals surface area contributed by atoms with E-state index in [-0.39, 0.29) is 17.5 Å². The number of anilines is 3. The van der Waals surface area contributed by atoms with Crippen LogP contribution in [-0.2, 0) is 27.8 Å². The highest BCUT2D eigenvalue weighted by Crippen LogP contribution is 2.36. The molecule has 3 aliphatic heterocycles. The van der Waals surface area contributed by atoms with E-state index in [0.29, 0.717) is 36.9 Å². The average molecular weight is 769 g/mol. The minimum atomic E-state index is -2.62. The fourth-order valence-corrected chi connectivity index (χ4v) is 7.41. The van der Waals surface area contributed by atoms with Gasteiger partial charge in [0.2, 0.25) is 11.8 Å². The number of alkyl halides is 3. The molecule has 1 fully saturated rings. The van der Waals surface area contributed by atoms with Crippen molar-refractivity contribution in [2.24, 2.45) is 0 Å². The third kappa shape index (κ3) is 10.2. The van der Waals surface area contributed by atoms with Crippen LogP contribution in [0.4, 0.5) is 26.0 Å². The molecule has 2 amide bonds. The van der Waals surface area contributed by atoms with Gasteiger partial charge in [-0.25, -0.2) is 18.7 Å². The quantitative estimate of drug-likeness (QED) is 0.130. The van der Waals surface area contributed by atoms with Gasteiger partial charge < -0.3 is 24.2 Å². The Morgan fingerprint density at radius 3 is 1.74 bits per heavy atom.